The van der Waals surface area contributed by atoms with Gasteiger partial charge in [0.05, 0.1) is 0 Å². The number of carbonyl (C=O) groups excluding carboxylic acids is 1. The Bertz CT molecular complexity index is 364. The molecule has 0 aliphatic carbocycles. The second-order valence-electron chi connectivity index (χ2n) is 3.35. The van der Waals surface area contributed by atoms with Gasteiger partial charge >= 0.3 is 0 Å². The highest BCUT2D eigenvalue weighted by molar-refractivity contribution is 6.17. The fourth-order valence-electron chi connectivity index (χ4n) is 1.36. The van der Waals surface area contributed by atoms with Gasteiger partial charge in [0.15, 0.2) is 0 Å². The number of halogens is 3. The number of carbonyl (C=O) groups is 1. The van der Waals surface area contributed by atoms with Gasteiger partial charge in [-0.1, -0.05) is 12.1 Å². The first-order valence-electron chi connectivity index (χ1n) is 4.50. The summed E-state index contributed by atoms with van der Waals surface area (Å²) in [4.78, 5) is 10.9. The summed E-state index contributed by atoms with van der Waals surface area (Å²) in [5.41, 5.74) is 0.925. The summed E-state index contributed by atoms with van der Waals surface area (Å²) in [6, 6.07) is 4.56. The van der Waals surface area contributed by atoms with E-state index in [-0.39, 0.29) is 23.6 Å². The number of hydrogen-bond donors (Lipinski definition) is 0. The third-order valence-electron chi connectivity index (χ3n) is 2.04. The van der Waals surface area contributed by atoms with E-state index in [1.807, 2.05) is 0 Å². The summed E-state index contributed by atoms with van der Waals surface area (Å²) in [7, 11) is 0. The van der Waals surface area contributed by atoms with Crippen LogP contribution in [0.2, 0.25) is 0 Å². The molecule has 15 heavy (non-hydrogen) atoms. The number of ketones is 1. The number of Topliss-reactive ketones (excluding diaryl/α,β-unsaturated/α-hetero) is 1. The first kappa shape index (κ1) is 12.1. The molecule has 0 radical (unpaired) electrons. The Kier molecular flexibility index (Phi) is 4.21. The van der Waals surface area contributed by atoms with Gasteiger partial charge in [0.1, 0.15) is 5.78 Å². The zero-order valence-electron chi connectivity index (χ0n) is 8.27. The molecule has 0 fully saturated rings. The van der Waals surface area contributed by atoms with E-state index in [1.54, 1.807) is 12.1 Å². The molecule has 0 atom stereocenters. The van der Waals surface area contributed by atoms with Crippen molar-refractivity contribution in [3.63, 3.8) is 0 Å². The van der Waals surface area contributed by atoms with Crippen LogP contribution in [-0.4, -0.2) is 5.78 Å². The molecule has 0 saturated carbocycles. The molecule has 0 bridgehead atoms. The molecule has 0 aliphatic rings. The SMILES string of the molecule is CC(=O)Cc1ccc(CCl)cc1C(F)F. The van der Waals surface area contributed by atoms with Crippen LogP contribution in [0.1, 0.15) is 30.0 Å². The van der Waals surface area contributed by atoms with E-state index in [4.69, 9.17) is 11.6 Å². The van der Waals surface area contributed by atoms with Crippen molar-refractivity contribution in [1.29, 1.82) is 0 Å². The monoisotopic (exact) mass is 232 g/mol. The number of rotatable bonds is 4. The zero-order valence-corrected chi connectivity index (χ0v) is 9.02. The largest absolute Gasteiger partial charge is 0.300 e. The normalized spacial score (nSPS) is 10.7. The van der Waals surface area contributed by atoms with Gasteiger partial charge < -0.3 is 0 Å². The standard InChI is InChI=1S/C11H11ClF2O/c1-7(15)4-9-3-2-8(6-12)5-10(9)11(13)14/h2-3,5,11H,4,6H2,1H3. The van der Waals surface area contributed by atoms with E-state index in [2.05, 4.69) is 0 Å². The van der Waals surface area contributed by atoms with Crippen LogP contribution in [0.3, 0.4) is 0 Å². The Balaban J connectivity index is 3.09. The van der Waals surface area contributed by atoms with Crippen LogP contribution in [0.15, 0.2) is 18.2 Å². The highest BCUT2D eigenvalue weighted by atomic mass is 35.5. The summed E-state index contributed by atoms with van der Waals surface area (Å²) in [6.07, 6.45) is -2.52. The maximum Gasteiger partial charge on any atom is 0.264 e. The second kappa shape index (κ2) is 5.21. The van der Waals surface area contributed by atoms with E-state index >= 15 is 0 Å². The lowest BCUT2D eigenvalue weighted by Crippen LogP contribution is -2.02. The molecule has 0 aromatic heterocycles. The van der Waals surface area contributed by atoms with Gasteiger partial charge in [0, 0.05) is 17.9 Å². The minimum Gasteiger partial charge on any atom is -0.300 e. The number of hydrogen-bond acceptors (Lipinski definition) is 1. The summed E-state index contributed by atoms with van der Waals surface area (Å²) >= 11 is 5.55. The lowest BCUT2D eigenvalue weighted by molar-refractivity contribution is -0.116. The molecule has 0 unspecified atom stereocenters. The molecule has 0 aliphatic heterocycles. The smallest absolute Gasteiger partial charge is 0.264 e. The van der Waals surface area contributed by atoms with Crippen LogP contribution in [0.5, 0.6) is 0 Å². The molecule has 0 amide bonds. The van der Waals surface area contributed by atoms with Crippen LogP contribution in [0.4, 0.5) is 8.78 Å². The van der Waals surface area contributed by atoms with Crippen molar-refractivity contribution in [3.05, 3.63) is 34.9 Å². The molecule has 82 valence electrons. The van der Waals surface area contributed by atoms with Gasteiger partial charge in [-0.25, -0.2) is 8.78 Å². The van der Waals surface area contributed by atoms with Crippen molar-refractivity contribution in [2.45, 2.75) is 25.7 Å². The zero-order chi connectivity index (χ0) is 11.4. The molecule has 1 rings (SSSR count). The molecule has 4 heteroatoms. The Morgan fingerprint density at radius 2 is 2.13 bits per heavy atom. The summed E-state index contributed by atoms with van der Waals surface area (Å²) < 4.78 is 25.3. The lowest BCUT2D eigenvalue weighted by Gasteiger charge is -2.08. The predicted octanol–water partition coefficient (Wildman–Crippen LogP) is 3.49. The van der Waals surface area contributed by atoms with Gasteiger partial charge in [-0.2, -0.15) is 0 Å². The molecule has 0 N–H and O–H groups in total. The maximum absolute atomic E-state index is 12.6. The van der Waals surface area contributed by atoms with Crippen molar-refractivity contribution >= 4 is 17.4 Å². The van der Waals surface area contributed by atoms with Crippen molar-refractivity contribution in [1.82, 2.24) is 0 Å². The first-order chi connectivity index (χ1) is 7.04. The molecule has 1 nitrogen and oxygen atoms in total. The minimum absolute atomic E-state index is 0.0439. The van der Waals surface area contributed by atoms with Crippen LogP contribution >= 0.6 is 11.6 Å². The number of benzene rings is 1. The average Bonchev–Trinajstić information content (AvgIpc) is 2.17. The lowest BCUT2D eigenvalue weighted by atomic mass is 10.0. The molecule has 1 aromatic rings. The minimum atomic E-state index is -2.57. The fraction of sp³-hybridized carbons (Fsp3) is 0.364. The molecule has 0 heterocycles. The predicted molar refractivity (Wildman–Crippen MR) is 55.3 cm³/mol. The van der Waals surface area contributed by atoms with Crippen molar-refractivity contribution in [2.24, 2.45) is 0 Å². The van der Waals surface area contributed by atoms with E-state index in [0.717, 1.165) is 0 Å². The van der Waals surface area contributed by atoms with Crippen molar-refractivity contribution < 1.29 is 13.6 Å². The molecular weight excluding hydrogens is 222 g/mol. The average molecular weight is 233 g/mol. The van der Waals surface area contributed by atoms with Crippen LogP contribution in [-0.2, 0) is 17.1 Å². The van der Waals surface area contributed by atoms with Gasteiger partial charge in [0.2, 0.25) is 0 Å². The highest BCUT2D eigenvalue weighted by Gasteiger charge is 2.14. The Labute approximate surface area is 92.1 Å². The Morgan fingerprint density at radius 1 is 1.47 bits per heavy atom. The third kappa shape index (κ3) is 3.27. The Hall–Kier alpha value is -0.960. The summed E-state index contributed by atoms with van der Waals surface area (Å²) in [5, 5.41) is 0. The quantitative estimate of drug-likeness (QED) is 0.727. The molecule has 0 spiro atoms. The van der Waals surface area contributed by atoms with Gasteiger partial charge in [-0.3, -0.25) is 4.79 Å². The fourth-order valence-corrected chi connectivity index (χ4v) is 1.53. The van der Waals surface area contributed by atoms with Crippen molar-refractivity contribution in [3.8, 4) is 0 Å². The third-order valence-corrected chi connectivity index (χ3v) is 2.35. The summed E-state index contributed by atoms with van der Waals surface area (Å²) in [5.74, 6) is 0.0654. The van der Waals surface area contributed by atoms with E-state index in [0.29, 0.717) is 11.1 Å². The van der Waals surface area contributed by atoms with Crippen LogP contribution in [0, 0.1) is 0 Å². The van der Waals surface area contributed by atoms with E-state index in [1.165, 1.54) is 13.0 Å². The summed E-state index contributed by atoms with van der Waals surface area (Å²) in [6.45, 7) is 1.38. The van der Waals surface area contributed by atoms with Gasteiger partial charge in [0.25, 0.3) is 6.43 Å². The molecular formula is C11H11ClF2O. The first-order valence-corrected chi connectivity index (χ1v) is 5.03. The van der Waals surface area contributed by atoms with Gasteiger partial charge in [-0.15, -0.1) is 11.6 Å². The van der Waals surface area contributed by atoms with Crippen LogP contribution in [0.25, 0.3) is 0 Å². The highest BCUT2D eigenvalue weighted by Crippen LogP contribution is 2.25. The van der Waals surface area contributed by atoms with Crippen molar-refractivity contribution in [2.75, 3.05) is 0 Å². The van der Waals surface area contributed by atoms with Crippen LogP contribution < -0.4 is 0 Å². The topological polar surface area (TPSA) is 17.1 Å². The van der Waals surface area contributed by atoms with E-state index in [9.17, 15) is 13.6 Å². The Morgan fingerprint density at radius 3 is 2.60 bits per heavy atom. The molecule has 0 saturated heterocycles. The maximum atomic E-state index is 12.6. The van der Waals surface area contributed by atoms with Gasteiger partial charge in [-0.05, 0) is 24.1 Å². The second-order valence-corrected chi connectivity index (χ2v) is 3.61. The number of alkyl halides is 3. The molecule has 1 aromatic carbocycles. The van der Waals surface area contributed by atoms with E-state index < -0.39 is 6.43 Å².